The van der Waals surface area contributed by atoms with E-state index in [-0.39, 0.29) is 6.09 Å². The van der Waals surface area contributed by atoms with Crippen LogP contribution in [0.1, 0.15) is 44.7 Å². The maximum Gasteiger partial charge on any atom is 0.410 e. The molecule has 28 heavy (non-hydrogen) atoms. The number of piperidine rings is 1. The lowest BCUT2D eigenvalue weighted by Crippen LogP contribution is -2.48. The van der Waals surface area contributed by atoms with Gasteiger partial charge in [0, 0.05) is 43.8 Å². The summed E-state index contributed by atoms with van der Waals surface area (Å²) < 4.78 is 5.53. The van der Waals surface area contributed by atoms with Crippen molar-refractivity contribution in [2.45, 2.75) is 58.7 Å². The Morgan fingerprint density at radius 2 is 1.86 bits per heavy atom. The minimum atomic E-state index is -0.457. The van der Waals surface area contributed by atoms with E-state index in [9.17, 15) is 4.79 Å². The summed E-state index contributed by atoms with van der Waals surface area (Å²) in [5.74, 6) is 0. The number of ether oxygens (including phenoxy) is 1. The van der Waals surface area contributed by atoms with E-state index in [4.69, 9.17) is 4.74 Å². The predicted molar refractivity (Wildman–Crippen MR) is 112 cm³/mol. The summed E-state index contributed by atoms with van der Waals surface area (Å²) in [4.78, 5) is 21.0. The fourth-order valence-corrected chi connectivity index (χ4v) is 3.58. The summed E-state index contributed by atoms with van der Waals surface area (Å²) in [5.41, 5.74) is 3.24. The molecule has 5 nitrogen and oxygen atoms in total. The molecule has 0 bridgehead atoms. The molecule has 0 atom stereocenters. The number of amides is 1. The lowest BCUT2D eigenvalue weighted by molar-refractivity contribution is 0.0204. The van der Waals surface area contributed by atoms with Crippen molar-refractivity contribution in [1.29, 1.82) is 0 Å². The molecule has 0 N–H and O–H groups in total. The Kier molecular flexibility index (Phi) is 6.22. The van der Waals surface area contributed by atoms with E-state index in [0.717, 1.165) is 32.5 Å². The quantitative estimate of drug-likeness (QED) is 0.763. The monoisotopic (exact) mass is 381 g/mol. The SMILES string of the molecule is Cc1ccncc1CN(c1ccccc1)C1CCN(C(=O)OC(C)(C)C)CC1. The Morgan fingerprint density at radius 3 is 2.46 bits per heavy atom. The first-order chi connectivity index (χ1) is 13.3. The van der Waals surface area contributed by atoms with Crippen molar-refractivity contribution in [3.63, 3.8) is 0 Å². The Balaban J connectivity index is 1.72. The van der Waals surface area contributed by atoms with Gasteiger partial charge in [-0.25, -0.2) is 4.79 Å². The molecule has 0 unspecified atom stereocenters. The van der Waals surface area contributed by atoms with Gasteiger partial charge in [0.2, 0.25) is 0 Å². The molecule has 3 rings (SSSR count). The van der Waals surface area contributed by atoms with Crippen LogP contribution < -0.4 is 4.90 Å². The standard InChI is InChI=1S/C23H31N3O2/c1-18-10-13-24-16-19(18)17-26(20-8-6-5-7-9-20)21-11-14-25(15-12-21)22(27)28-23(2,3)4/h5-10,13,16,21H,11-12,14-15,17H2,1-4H3. The van der Waals surface area contributed by atoms with Gasteiger partial charge in [-0.05, 0) is 69.9 Å². The second-order valence-corrected chi connectivity index (χ2v) is 8.46. The van der Waals surface area contributed by atoms with Gasteiger partial charge >= 0.3 is 6.09 Å². The van der Waals surface area contributed by atoms with Gasteiger partial charge in [0.25, 0.3) is 0 Å². The Hall–Kier alpha value is -2.56. The average molecular weight is 382 g/mol. The van der Waals surface area contributed by atoms with Gasteiger partial charge in [-0.2, -0.15) is 0 Å². The number of benzene rings is 1. The first kappa shape index (κ1) is 20.2. The van der Waals surface area contributed by atoms with E-state index >= 15 is 0 Å². The number of carbonyl (C=O) groups is 1. The number of carbonyl (C=O) groups excluding carboxylic acids is 1. The molecule has 0 radical (unpaired) electrons. The fourth-order valence-electron chi connectivity index (χ4n) is 3.58. The second-order valence-electron chi connectivity index (χ2n) is 8.46. The number of para-hydroxylation sites is 1. The lowest BCUT2D eigenvalue weighted by Gasteiger charge is -2.40. The van der Waals surface area contributed by atoms with Crippen molar-refractivity contribution in [3.05, 3.63) is 59.9 Å². The first-order valence-electron chi connectivity index (χ1n) is 10.0. The van der Waals surface area contributed by atoms with Crippen molar-refractivity contribution in [2.75, 3.05) is 18.0 Å². The molecule has 1 aromatic heterocycles. The van der Waals surface area contributed by atoms with E-state index in [1.807, 2.05) is 44.1 Å². The number of hydrogen-bond acceptors (Lipinski definition) is 4. The van der Waals surface area contributed by atoms with Gasteiger partial charge in [-0.15, -0.1) is 0 Å². The second kappa shape index (κ2) is 8.63. The highest BCUT2D eigenvalue weighted by Gasteiger charge is 2.30. The Morgan fingerprint density at radius 1 is 1.18 bits per heavy atom. The zero-order chi connectivity index (χ0) is 20.1. The molecule has 1 aliphatic heterocycles. The topological polar surface area (TPSA) is 45.7 Å². The molecule has 2 heterocycles. The molecule has 1 aromatic carbocycles. The minimum absolute atomic E-state index is 0.208. The van der Waals surface area contributed by atoms with Gasteiger partial charge in [-0.3, -0.25) is 4.98 Å². The molecule has 0 aliphatic carbocycles. The molecular formula is C23H31N3O2. The summed E-state index contributed by atoms with van der Waals surface area (Å²) in [6.07, 6.45) is 5.44. The molecule has 1 saturated heterocycles. The summed E-state index contributed by atoms with van der Waals surface area (Å²) >= 11 is 0. The highest BCUT2D eigenvalue weighted by atomic mass is 16.6. The van der Waals surface area contributed by atoms with Crippen LogP contribution in [-0.2, 0) is 11.3 Å². The molecule has 2 aromatic rings. The van der Waals surface area contributed by atoms with Gasteiger partial charge in [0.15, 0.2) is 0 Å². The smallest absolute Gasteiger partial charge is 0.410 e. The molecule has 0 spiro atoms. The number of aryl methyl sites for hydroxylation is 1. The fraction of sp³-hybridized carbons (Fsp3) is 0.478. The number of anilines is 1. The van der Waals surface area contributed by atoms with Crippen LogP contribution in [0.5, 0.6) is 0 Å². The number of hydrogen-bond donors (Lipinski definition) is 0. The Labute approximate surface area is 168 Å². The maximum absolute atomic E-state index is 12.4. The van der Waals surface area contributed by atoms with Crippen LogP contribution >= 0.6 is 0 Å². The number of pyridine rings is 1. The predicted octanol–water partition coefficient (Wildman–Crippen LogP) is 4.80. The third kappa shape index (κ3) is 5.24. The summed E-state index contributed by atoms with van der Waals surface area (Å²) in [6.45, 7) is 10.1. The largest absolute Gasteiger partial charge is 0.444 e. The average Bonchev–Trinajstić information content (AvgIpc) is 2.67. The number of likely N-dealkylation sites (tertiary alicyclic amines) is 1. The van der Waals surface area contributed by atoms with Crippen molar-refractivity contribution in [1.82, 2.24) is 9.88 Å². The van der Waals surface area contributed by atoms with Crippen LogP contribution in [0.3, 0.4) is 0 Å². The molecule has 0 saturated carbocycles. The van der Waals surface area contributed by atoms with E-state index in [2.05, 4.69) is 47.1 Å². The van der Waals surface area contributed by atoms with Gasteiger partial charge in [-0.1, -0.05) is 18.2 Å². The van der Waals surface area contributed by atoms with Crippen LogP contribution in [0.15, 0.2) is 48.8 Å². The highest BCUT2D eigenvalue weighted by Crippen LogP contribution is 2.27. The normalized spacial score (nSPS) is 15.4. The van der Waals surface area contributed by atoms with Crippen molar-refractivity contribution in [2.24, 2.45) is 0 Å². The van der Waals surface area contributed by atoms with Crippen LogP contribution in [0.25, 0.3) is 0 Å². The van der Waals surface area contributed by atoms with E-state index in [1.54, 1.807) is 0 Å². The summed E-state index contributed by atoms with van der Waals surface area (Å²) in [5, 5.41) is 0. The molecule has 150 valence electrons. The highest BCUT2D eigenvalue weighted by molar-refractivity contribution is 5.68. The molecule has 5 heteroatoms. The zero-order valence-corrected chi connectivity index (χ0v) is 17.4. The van der Waals surface area contributed by atoms with E-state index < -0.39 is 5.60 Å². The molecule has 1 amide bonds. The van der Waals surface area contributed by atoms with Crippen LogP contribution in [-0.4, -0.2) is 40.7 Å². The van der Waals surface area contributed by atoms with Crippen LogP contribution in [0.2, 0.25) is 0 Å². The number of rotatable bonds is 4. The number of nitrogens with zero attached hydrogens (tertiary/aromatic N) is 3. The molecular weight excluding hydrogens is 350 g/mol. The summed E-state index contributed by atoms with van der Waals surface area (Å²) in [6, 6.07) is 13.0. The molecule has 1 fully saturated rings. The van der Waals surface area contributed by atoms with Gasteiger partial charge < -0.3 is 14.5 Å². The van der Waals surface area contributed by atoms with Gasteiger partial charge in [0.1, 0.15) is 5.60 Å². The van der Waals surface area contributed by atoms with Crippen molar-refractivity contribution in [3.8, 4) is 0 Å². The lowest BCUT2D eigenvalue weighted by atomic mass is 10.0. The maximum atomic E-state index is 12.4. The van der Waals surface area contributed by atoms with Crippen LogP contribution in [0, 0.1) is 6.92 Å². The zero-order valence-electron chi connectivity index (χ0n) is 17.4. The van der Waals surface area contributed by atoms with Gasteiger partial charge in [0.05, 0.1) is 0 Å². The van der Waals surface area contributed by atoms with Crippen LogP contribution in [0.4, 0.5) is 10.5 Å². The van der Waals surface area contributed by atoms with Crippen molar-refractivity contribution >= 4 is 11.8 Å². The Bertz CT molecular complexity index is 778. The minimum Gasteiger partial charge on any atom is -0.444 e. The number of aromatic nitrogens is 1. The first-order valence-corrected chi connectivity index (χ1v) is 10.0. The molecule has 1 aliphatic rings. The van der Waals surface area contributed by atoms with E-state index in [1.165, 1.54) is 16.8 Å². The van der Waals surface area contributed by atoms with E-state index in [0.29, 0.717) is 6.04 Å². The summed E-state index contributed by atoms with van der Waals surface area (Å²) in [7, 11) is 0. The van der Waals surface area contributed by atoms with Crippen molar-refractivity contribution < 1.29 is 9.53 Å². The third-order valence-corrected chi connectivity index (χ3v) is 5.13. The third-order valence-electron chi connectivity index (χ3n) is 5.13.